The molecule has 0 bridgehead atoms. The lowest BCUT2D eigenvalue weighted by atomic mass is 10.0. The zero-order valence-corrected chi connectivity index (χ0v) is 11.7. The number of nitrogens with one attached hydrogen (secondary N) is 1. The fourth-order valence-corrected chi connectivity index (χ4v) is 2.41. The molecule has 0 aliphatic heterocycles. The summed E-state index contributed by atoms with van der Waals surface area (Å²) in [5.41, 5.74) is 3.53. The normalized spacial score (nSPS) is 14.1. The molecule has 0 aromatic heterocycles. The Bertz CT molecular complexity index is 550. The van der Waals surface area contributed by atoms with Crippen LogP contribution < -0.4 is 5.32 Å². The summed E-state index contributed by atoms with van der Waals surface area (Å²) in [4.78, 5) is 0. The zero-order chi connectivity index (χ0) is 13.8. The van der Waals surface area contributed by atoms with Crippen LogP contribution in [0.5, 0.6) is 0 Å². The van der Waals surface area contributed by atoms with Gasteiger partial charge in [0.25, 0.3) is 0 Å². The van der Waals surface area contributed by atoms with Gasteiger partial charge in [0.15, 0.2) is 0 Å². The fraction of sp³-hybridized carbons (Fsp3) is 0.294. The van der Waals surface area contributed by atoms with Crippen molar-refractivity contribution >= 4 is 0 Å². The SMILES string of the molecule is Cc1ccccc1[C@H](C)NC(C)c1cccc(F)c1. The van der Waals surface area contributed by atoms with Gasteiger partial charge in [-0.05, 0) is 49.6 Å². The van der Waals surface area contributed by atoms with Gasteiger partial charge in [-0.15, -0.1) is 0 Å². The molecular weight excluding hydrogens is 237 g/mol. The first kappa shape index (κ1) is 13.8. The van der Waals surface area contributed by atoms with Crippen molar-refractivity contribution < 1.29 is 4.39 Å². The highest BCUT2D eigenvalue weighted by atomic mass is 19.1. The maximum absolute atomic E-state index is 13.2. The van der Waals surface area contributed by atoms with E-state index in [2.05, 4.69) is 38.2 Å². The quantitative estimate of drug-likeness (QED) is 0.847. The van der Waals surface area contributed by atoms with Gasteiger partial charge in [0.05, 0.1) is 0 Å². The molecule has 1 nitrogen and oxygen atoms in total. The second kappa shape index (κ2) is 5.98. The summed E-state index contributed by atoms with van der Waals surface area (Å²) >= 11 is 0. The van der Waals surface area contributed by atoms with Crippen LogP contribution in [0.3, 0.4) is 0 Å². The molecule has 0 radical (unpaired) electrons. The predicted molar refractivity (Wildman–Crippen MR) is 77.5 cm³/mol. The van der Waals surface area contributed by atoms with Crippen LogP contribution in [0.1, 0.15) is 42.6 Å². The number of benzene rings is 2. The van der Waals surface area contributed by atoms with E-state index >= 15 is 0 Å². The van der Waals surface area contributed by atoms with Crippen LogP contribution in [0.15, 0.2) is 48.5 Å². The van der Waals surface area contributed by atoms with Crippen LogP contribution in [0.2, 0.25) is 0 Å². The molecule has 1 unspecified atom stereocenters. The highest BCUT2D eigenvalue weighted by Crippen LogP contribution is 2.22. The number of hydrogen-bond acceptors (Lipinski definition) is 1. The number of halogens is 1. The number of aryl methyl sites for hydroxylation is 1. The first-order valence-corrected chi connectivity index (χ1v) is 6.65. The lowest BCUT2D eigenvalue weighted by molar-refractivity contribution is 0.490. The Morgan fingerprint density at radius 2 is 1.68 bits per heavy atom. The molecule has 0 saturated heterocycles. The van der Waals surface area contributed by atoms with Gasteiger partial charge in [0, 0.05) is 12.1 Å². The van der Waals surface area contributed by atoms with Crippen molar-refractivity contribution in [2.75, 3.05) is 0 Å². The molecule has 0 fully saturated rings. The van der Waals surface area contributed by atoms with E-state index in [9.17, 15) is 4.39 Å². The second-order valence-electron chi connectivity index (χ2n) is 5.02. The Labute approximate surface area is 114 Å². The summed E-state index contributed by atoms with van der Waals surface area (Å²) in [6, 6.07) is 15.4. The molecule has 100 valence electrons. The van der Waals surface area contributed by atoms with E-state index in [4.69, 9.17) is 0 Å². The Balaban J connectivity index is 2.11. The average molecular weight is 257 g/mol. The minimum absolute atomic E-state index is 0.116. The summed E-state index contributed by atoms with van der Waals surface area (Å²) in [5.74, 6) is -0.185. The summed E-state index contributed by atoms with van der Waals surface area (Å²) in [6.07, 6.45) is 0. The summed E-state index contributed by atoms with van der Waals surface area (Å²) in [6.45, 7) is 6.31. The van der Waals surface area contributed by atoms with Gasteiger partial charge in [-0.25, -0.2) is 4.39 Å². The van der Waals surface area contributed by atoms with Gasteiger partial charge in [-0.2, -0.15) is 0 Å². The van der Waals surface area contributed by atoms with Gasteiger partial charge in [0.1, 0.15) is 5.82 Å². The van der Waals surface area contributed by atoms with E-state index in [1.807, 2.05) is 18.2 Å². The smallest absolute Gasteiger partial charge is 0.123 e. The number of rotatable bonds is 4. The highest BCUT2D eigenvalue weighted by molar-refractivity contribution is 5.29. The molecule has 2 aromatic rings. The highest BCUT2D eigenvalue weighted by Gasteiger charge is 2.12. The minimum Gasteiger partial charge on any atom is -0.304 e. The van der Waals surface area contributed by atoms with Crippen molar-refractivity contribution in [2.45, 2.75) is 32.9 Å². The van der Waals surface area contributed by atoms with Crippen molar-refractivity contribution in [3.8, 4) is 0 Å². The molecule has 1 N–H and O–H groups in total. The van der Waals surface area contributed by atoms with Gasteiger partial charge >= 0.3 is 0 Å². The molecular formula is C17H20FN. The molecule has 0 spiro atoms. The minimum atomic E-state index is -0.185. The lowest BCUT2D eigenvalue weighted by Gasteiger charge is -2.22. The second-order valence-corrected chi connectivity index (χ2v) is 5.02. The van der Waals surface area contributed by atoms with Crippen LogP contribution in [-0.4, -0.2) is 0 Å². The molecule has 0 aliphatic carbocycles. The van der Waals surface area contributed by atoms with Gasteiger partial charge in [-0.1, -0.05) is 36.4 Å². The van der Waals surface area contributed by atoms with Crippen LogP contribution in [0.25, 0.3) is 0 Å². The first-order chi connectivity index (χ1) is 9.08. The maximum Gasteiger partial charge on any atom is 0.123 e. The van der Waals surface area contributed by atoms with Gasteiger partial charge in [-0.3, -0.25) is 0 Å². The standard InChI is InChI=1S/C17H20FN/c1-12-7-4-5-10-17(12)14(3)19-13(2)15-8-6-9-16(18)11-15/h4-11,13-14,19H,1-3H3/t13?,14-/m0/s1. The molecule has 2 heteroatoms. The van der Waals surface area contributed by atoms with Crippen LogP contribution in [-0.2, 0) is 0 Å². The van der Waals surface area contributed by atoms with Crippen molar-refractivity contribution in [2.24, 2.45) is 0 Å². The largest absolute Gasteiger partial charge is 0.304 e. The van der Waals surface area contributed by atoms with Crippen LogP contribution >= 0.6 is 0 Å². The summed E-state index contributed by atoms with van der Waals surface area (Å²) < 4.78 is 13.2. The van der Waals surface area contributed by atoms with E-state index in [1.165, 1.54) is 17.2 Å². The Kier molecular flexibility index (Phi) is 4.33. The molecule has 0 aliphatic rings. The zero-order valence-electron chi connectivity index (χ0n) is 11.7. The molecule has 19 heavy (non-hydrogen) atoms. The molecule has 0 amide bonds. The topological polar surface area (TPSA) is 12.0 Å². The number of hydrogen-bond donors (Lipinski definition) is 1. The van der Waals surface area contributed by atoms with E-state index in [0.717, 1.165) is 5.56 Å². The molecule has 2 atom stereocenters. The molecule has 0 heterocycles. The van der Waals surface area contributed by atoms with Crippen molar-refractivity contribution in [3.05, 3.63) is 71.0 Å². The van der Waals surface area contributed by atoms with Crippen molar-refractivity contribution in [3.63, 3.8) is 0 Å². The van der Waals surface area contributed by atoms with E-state index < -0.39 is 0 Å². The Morgan fingerprint density at radius 1 is 0.947 bits per heavy atom. The molecule has 2 aromatic carbocycles. The summed E-state index contributed by atoms with van der Waals surface area (Å²) in [7, 11) is 0. The van der Waals surface area contributed by atoms with Gasteiger partial charge in [0.2, 0.25) is 0 Å². The van der Waals surface area contributed by atoms with Crippen molar-refractivity contribution in [1.29, 1.82) is 0 Å². The monoisotopic (exact) mass is 257 g/mol. The fourth-order valence-electron chi connectivity index (χ4n) is 2.41. The third-order valence-electron chi connectivity index (χ3n) is 3.50. The average Bonchev–Trinajstić information content (AvgIpc) is 2.39. The molecule has 2 rings (SSSR count). The van der Waals surface area contributed by atoms with Crippen molar-refractivity contribution in [1.82, 2.24) is 5.32 Å². The van der Waals surface area contributed by atoms with Crippen LogP contribution in [0, 0.1) is 12.7 Å². The maximum atomic E-state index is 13.2. The van der Waals surface area contributed by atoms with Crippen LogP contribution in [0.4, 0.5) is 4.39 Å². The Morgan fingerprint density at radius 3 is 2.37 bits per heavy atom. The lowest BCUT2D eigenvalue weighted by Crippen LogP contribution is -2.23. The first-order valence-electron chi connectivity index (χ1n) is 6.65. The van der Waals surface area contributed by atoms with Gasteiger partial charge < -0.3 is 5.32 Å². The van der Waals surface area contributed by atoms with E-state index in [-0.39, 0.29) is 17.9 Å². The summed E-state index contributed by atoms with van der Waals surface area (Å²) in [5, 5.41) is 3.51. The molecule has 0 saturated carbocycles. The van der Waals surface area contributed by atoms with E-state index in [1.54, 1.807) is 12.1 Å². The third-order valence-corrected chi connectivity index (χ3v) is 3.50. The predicted octanol–water partition coefficient (Wildman–Crippen LogP) is 4.55. The van der Waals surface area contributed by atoms with E-state index in [0.29, 0.717) is 0 Å². The third kappa shape index (κ3) is 3.42. The Hall–Kier alpha value is -1.67.